The van der Waals surface area contributed by atoms with Crippen molar-refractivity contribution in [3.8, 4) is 0 Å². The molecule has 342 valence electrons. The molecule has 0 aliphatic carbocycles. The van der Waals surface area contributed by atoms with Crippen molar-refractivity contribution < 1.29 is 28.6 Å². The molecule has 0 amide bonds. The second-order valence-electron chi connectivity index (χ2n) is 16.0. The van der Waals surface area contributed by atoms with Gasteiger partial charge in [-0.05, 0) is 83.5 Å². The molecule has 0 N–H and O–H groups in total. The third-order valence-electron chi connectivity index (χ3n) is 10.1. The molecule has 0 aromatic carbocycles. The maximum absolute atomic E-state index is 12.8. The lowest BCUT2D eigenvalue weighted by molar-refractivity contribution is -0.167. The molecule has 0 spiro atoms. The zero-order valence-corrected chi connectivity index (χ0v) is 38.9. The number of hydrogen-bond donors (Lipinski definition) is 0. The molecule has 0 fully saturated rings. The van der Waals surface area contributed by atoms with Crippen molar-refractivity contribution in [2.45, 2.75) is 226 Å². The number of ether oxygens (including phenoxy) is 3. The Hall–Kier alpha value is -3.41. The average molecular weight is 835 g/mol. The number of rotatable bonds is 43. The summed E-state index contributed by atoms with van der Waals surface area (Å²) in [5.41, 5.74) is 0. The molecule has 6 nitrogen and oxygen atoms in total. The minimum Gasteiger partial charge on any atom is -0.462 e. The van der Waals surface area contributed by atoms with Gasteiger partial charge in [-0.1, -0.05) is 202 Å². The Morgan fingerprint density at radius 3 is 1.08 bits per heavy atom. The molecule has 0 aromatic rings. The third-order valence-corrected chi connectivity index (χ3v) is 10.1. The first-order chi connectivity index (χ1) is 29.5. The monoisotopic (exact) mass is 835 g/mol. The molecule has 0 heterocycles. The van der Waals surface area contributed by atoms with Crippen LogP contribution in [0.5, 0.6) is 0 Å². The van der Waals surface area contributed by atoms with Crippen LogP contribution in [0.2, 0.25) is 0 Å². The number of esters is 3. The molecular weight excluding hydrogens is 745 g/mol. The number of unbranched alkanes of at least 4 members (excludes halogenated alkanes) is 18. The van der Waals surface area contributed by atoms with Crippen LogP contribution in [-0.4, -0.2) is 37.2 Å². The smallest absolute Gasteiger partial charge is 0.306 e. The highest BCUT2D eigenvalue weighted by Crippen LogP contribution is 2.15. The normalized spacial score (nSPS) is 12.8. The van der Waals surface area contributed by atoms with Crippen LogP contribution in [0.1, 0.15) is 220 Å². The zero-order chi connectivity index (χ0) is 43.7. The first kappa shape index (κ1) is 56.6. The topological polar surface area (TPSA) is 78.9 Å². The minimum atomic E-state index is -0.809. The highest BCUT2D eigenvalue weighted by Gasteiger charge is 2.19. The largest absolute Gasteiger partial charge is 0.462 e. The van der Waals surface area contributed by atoms with Crippen molar-refractivity contribution in [3.05, 3.63) is 85.1 Å². The van der Waals surface area contributed by atoms with E-state index in [2.05, 4.69) is 106 Å². The Labute approximate surface area is 369 Å². The molecule has 0 aliphatic heterocycles. The predicted molar refractivity (Wildman–Crippen MR) is 256 cm³/mol. The van der Waals surface area contributed by atoms with Gasteiger partial charge in [-0.25, -0.2) is 0 Å². The van der Waals surface area contributed by atoms with E-state index in [0.29, 0.717) is 19.3 Å². The highest BCUT2D eigenvalue weighted by molar-refractivity contribution is 5.71. The van der Waals surface area contributed by atoms with Crippen molar-refractivity contribution in [2.75, 3.05) is 13.2 Å². The summed E-state index contributed by atoms with van der Waals surface area (Å²) >= 11 is 0. The van der Waals surface area contributed by atoms with Crippen LogP contribution in [0.4, 0.5) is 0 Å². The van der Waals surface area contributed by atoms with E-state index in [9.17, 15) is 14.4 Å². The SMILES string of the molecule is CC/C=C\C/C=C\C/C=C\C/C=C\C/C=C\CCCC(=O)OCC(COC(=O)CCCC/C=C\C/C=C\CC)OC(=O)CCCCCCCCCCCCCCCCCC. The summed E-state index contributed by atoms with van der Waals surface area (Å²) in [6, 6.07) is 0. The average Bonchev–Trinajstić information content (AvgIpc) is 3.24. The van der Waals surface area contributed by atoms with Crippen molar-refractivity contribution in [1.29, 1.82) is 0 Å². The lowest BCUT2D eigenvalue weighted by Crippen LogP contribution is -2.30. The minimum absolute atomic E-state index is 0.111. The van der Waals surface area contributed by atoms with Gasteiger partial charge in [0.2, 0.25) is 0 Å². The molecule has 0 bridgehead atoms. The van der Waals surface area contributed by atoms with E-state index in [-0.39, 0.29) is 37.5 Å². The Kier molecular flexibility index (Phi) is 45.5. The molecule has 1 atom stereocenters. The molecule has 6 heteroatoms. The second-order valence-corrected chi connectivity index (χ2v) is 16.0. The molecule has 0 saturated carbocycles. The maximum atomic E-state index is 12.8. The summed E-state index contributed by atoms with van der Waals surface area (Å²) in [7, 11) is 0. The molecule has 0 rings (SSSR count). The summed E-state index contributed by atoms with van der Waals surface area (Å²) in [5.74, 6) is -1.01. The Bertz CT molecular complexity index is 1190. The lowest BCUT2D eigenvalue weighted by atomic mass is 10.0. The number of carbonyl (C=O) groups excluding carboxylic acids is 3. The van der Waals surface area contributed by atoms with Gasteiger partial charge in [0.25, 0.3) is 0 Å². The number of allylic oxidation sites excluding steroid dienone is 14. The van der Waals surface area contributed by atoms with Crippen LogP contribution in [0.25, 0.3) is 0 Å². The van der Waals surface area contributed by atoms with Gasteiger partial charge in [-0.3, -0.25) is 14.4 Å². The van der Waals surface area contributed by atoms with Crippen LogP contribution in [0.3, 0.4) is 0 Å². The van der Waals surface area contributed by atoms with Gasteiger partial charge in [0.1, 0.15) is 13.2 Å². The second kappa shape index (κ2) is 48.3. The van der Waals surface area contributed by atoms with Crippen LogP contribution in [-0.2, 0) is 28.6 Å². The Morgan fingerprint density at radius 2 is 0.667 bits per heavy atom. The van der Waals surface area contributed by atoms with Crippen molar-refractivity contribution in [1.82, 2.24) is 0 Å². The van der Waals surface area contributed by atoms with Gasteiger partial charge < -0.3 is 14.2 Å². The van der Waals surface area contributed by atoms with E-state index in [1.165, 1.54) is 83.5 Å². The van der Waals surface area contributed by atoms with Crippen molar-refractivity contribution in [2.24, 2.45) is 0 Å². The molecular formula is C54H90O6. The fourth-order valence-electron chi connectivity index (χ4n) is 6.51. The molecule has 0 radical (unpaired) electrons. The Morgan fingerprint density at radius 1 is 0.350 bits per heavy atom. The highest BCUT2D eigenvalue weighted by atomic mass is 16.6. The van der Waals surface area contributed by atoms with E-state index < -0.39 is 6.10 Å². The fraction of sp³-hybridized carbons (Fsp3) is 0.685. The van der Waals surface area contributed by atoms with E-state index >= 15 is 0 Å². The van der Waals surface area contributed by atoms with E-state index in [1.54, 1.807) is 0 Å². The summed E-state index contributed by atoms with van der Waals surface area (Å²) in [5, 5.41) is 0. The molecule has 0 saturated heterocycles. The third kappa shape index (κ3) is 45.7. The predicted octanol–water partition coefficient (Wildman–Crippen LogP) is 16.0. The van der Waals surface area contributed by atoms with E-state index in [0.717, 1.165) is 89.9 Å². The maximum Gasteiger partial charge on any atom is 0.306 e. The van der Waals surface area contributed by atoms with Gasteiger partial charge in [-0.2, -0.15) is 0 Å². The van der Waals surface area contributed by atoms with Gasteiger partial charge in [0.05, 0.1) is 0 Å². The van der Waals surface area contributed by atoms with Crippen LogP contribution < -0.4 is 0 Å². The molecule has 1 unspecified atom stereocenters. The van der Waals surface area contributed by atoms with Gasteiger partial charge in [-0.15, -0.1) is 0 Å². The summed E-state index contributed by atoms with van der Waals surface area (Å²) < 4.78 is 16.7. The quantitative estimate of drug-likeness (QED) is 0.0263. The van der Waals surface area contributed by atoms with E-state index in [1.807, 2.05) is 0 Å². The van der Waals surface area contributed by atoms with Gasteiger partial charge in [0.15, 0.2) is 6.10 Å². The molecule has 0 aliphatic rings. The van der Waals surface area contributed by atoms with Crippen LogP contribution >= 0.6 is 0 Å². The Balaban J connectivity index is 4.44. The van der Waals surface area contributed by atoms with Crippen LogP contribution in [0, 0.1) is 0 Å². The van der Waals surface area contributed by atoms with Crippen LogP contribution in [0.15, 0.2) is 85.1 Å². The first-order valence-electron chi connectivity index (χ1n) is 24.6. The lowest BCUT2D eigenvalue weighted by Gasteiger charge is -2.18. The van der Waals surface area contributed by atoms with Gasteiger partial charge >= 0.3 is 17.9 Å². The molecule has 0 aromatic heterocycles. The molecule has 60 heavy (non-hydrogen) atoms. The zero-order valence-electron chi connectivity index (χ0n) is 38.9. The summed E-state index contributed by atoms with van der Waals surface area (Å²) in [4.78, 5) is 37.8. The van der Waals surface area contributed by atoms with Crippen molar-refractivity contribution >= 4 is 17.9 Å². The van der Waals surface area contributed by atoms with E-state index in [4.69, 9.17) is 14.2 Å². The summed E-state index contributed by atoms with van der Waals surface area (Å²) in [6.07, 6.45) is 61.6. The van der Waals surface area contributed by atoms with Crippen molar-refractivity contribution in [3.63, 3.8) is 0 Å². The van der Waals surface area contributed by atoms with Gasteiger partial charge in [0, 0.05) is 19.3 Å². The number of carbonyl (C=O) groups is 3. The first-order valence-corrected chi connectivity index (χ1v) is 24.6. The standard InChI is InChI=1S/C54H90O6/c1-4-7-10-13-16-19-21-23-25-27-29-30-32-35-38-41-44-47-53(56)59-50-51(49-58-52(55)46-43-40-37-34-18-15-12-9-6-3)60-54(57)48-45-42-39-36-33-31-28-26-24-22-20-17-14-11-8-5-2/h7,9-10,12,16,18-19,23,25,29-30,34-35,38,51H,4-6,8,11,13-15,17,20-22,24,26-28,31-33,36-37,39-50H2,1-3H3/b10-7-,12-9-,19-16-,25-23-,30-29-,34-18-,38-35-. The number of hydrogen-bond acceptors (Lipinski definition) is 6. The summed E-state index contributed by atoms with van der Waals surface area (Å²) in [6.45, 7) is 6.31. The fourth-order valence-corrected chi connectivity index (χ4v) is 6.51.